The summed E-state index contributed by atoms with van der Waals surface area (Å²) < 4.78 is 0. The molecule has 1 N–H and O–H groups in total. The van der Waals surface area contributed by atoms with Crippen LogP contribution in [0.3, 0.4) is 0 Å². The molecule has 0 spiro atoms. The van der Waals surface area contributed by atoms with Crippen LogP contribution in [0.25, 0.3) is 0 Å². The van der Waals surface area contributed by atoms with Crippen molar-refractivity contribution >= 4 is 51.8 Å². The number of imide groups is 1. The van der Waals surface area contributed by atoms with Crippen molar-refractivity contribution in [1.29, 1.82) is 0 Å². The lowest BCUT2D eigenvalue weighted by molar-refractivity contribution is -0.384. The van der Waals surface area contributed by atoms with E-state index in [2.05, 4.69) is 10.4 Å². The van der Waals surface area contributed by atoms with E-state index in [1.54, 1.807) is 36.4 Å². The van der Waals surface area contributed by atoms with E-state index in [9.17, 15) is 24.5 Å². The summed E-state index contributed by atoms with van der Waals surface area (Å²) in [6, 6.07) is 12.3. The third kappa shape index (κ3) is 4.35. The maximum atomic E-state index is 12.9. The Morgan fingerprint density at radius 1 is 1.19 bits per heavy atom. The molecule has 31 heavy (non-hydrogen) atoms. The van der Waals surface area contributed by atoms with Crippen LogP contribution in [0.15, 0.2) is 64.6 Å². The van der Waals surface area contributed by atoms with Gasteiger partial charge < -0.3 is 0 Å². The standard InChI is InChI=1S/C20H13ClN4O5S/c21-13-5-1-12(2-6-13)16-9-15(11-3-7-14(8-4-11)25(29)30)23-24(16)18(26)10-17-19(27)22-20(28)31-17/h1-8,10,16H,9H2,(H,22,27,28)/b17-10-. The molecular formula is C20H13ClN4O5S. The lowest BCUT2D eigenvalue weighted by atomic mass is 9.98. The van der Waals surface area contributed by atoms with Crippen molar-refractivity contribution in [2.24, 2.45) is 5.10 Å². The first-order valence-corrected chi connectivity index (χ1v) is 10.2. The number of nitrogens with one attached hydrogen (secondary N) is 1. The third-order valence-electron chi connectivity index (χ3n) is 4.70. The smallest absolute Gasteiger partial charge is 0.282 e. The van der Waals surface area contributed by atoms with Crippen molar-refractivity contribution < 1.29 is 19.3 Å². The summed E-state index contributed by atoms with van der Waals surface area (Å²) in [4.78, 5) is 46.5. The van der Waals surface area contributed by atoms with Crippen LogP contribution in [0.4, 0.5) is 10.5 Å². The highest BCUT2D eigenvalue weighted by atomic mass is 35.5. The average molecular weight is 457 g/mol. The van der Waals surface area contributed by atoms with E-state index in [0.29, 0.717) is 34.5 Å². The predicted molar refractivity (Wildman–Crippen MR) is 115 cm³/mol. The molecule has 2 aromatic rings. The van der Waals surface area contributed by atoms with Gasteiger partial charge in [0.25, 0.3) is 22.7 Å². The molecule has 2 aromatic carbocycles. The Morgan fingerprint density at radius 2 is 1.87 bits per heavy atom. The van der Waals surface area contributed by atoms with Gasteiger partial charge in [0.05, 0.1) is 21.6 Å². The third-order valence-corrected chi connectivity index (χ3v) is 5.76. The number of halogens is 1. The highest BCUT2D eigenvalue weighted by molar-refractivity contribution is 8.18. The fourth-order valence-electron chi connectivity index (χ4n) is 3.21. The van der Waals surface area contributed by atoms with Crippen LogP contribution in [-0.2, 0) is 9.59 Å². The molecule has 9 nitrogen and oxygen atoms in total. The number of carbonyl (C=O) groups is 3. The molecule has 1 saturated heterocycles. The van der Waals surface area contributed by atoms with Gasteiger partial charge in [-0.2, -0.15) is 5.10 Å². The molecule has 156 valence electrons. The topological polar surface area (TPSA) is 122 Å². The van der Waals surface area contributed by atoms with Gasteiger partial charge in [0.15, 0.2) is 0 Å². The van der Waals surface area contributed by atoms with Gasteiger partial charge in [0.1, 0.15) is 0 Å². The van der Waals surface area contributed by atoms with Gasteiger partial charge in [-0.05, 0) is 47.2 Å². The number of nitrogens with zero attached hydrogens (tertiary/aromatic N) is 3. The average Bonchev–Trinajstić information content (AvgIpc) is 3.32. The number of rotatable bonds is 4. The number of amides is 3. The molecule has 2 aliphatic rings. The minimum absolute atomic E-state index is 0.0103. The number of non-ortho nitro benzene ring substituents is 1. The first-order valence-electron chi connectivity index (χ1n) is 8.97. The molecule has 1 unspecified atom stereocenters. The quantitative estimate of drug-likeness (QED) is 0.424. The number of nitro benzene ring substituents is 1. The van der Waals surface area contributed by atoms with Crippen LogP contribution in [0.5, 0.6) is 0 Å². The van der Waals surface area contributed by atoms with Crippen molar-refractivity contribution in [1.82, 2.24) is 10.3 Å². The van der Waals surface area contributed by atoms with Gasteiger partial charge in [-0.3, -0.25) is 29.8 Å². The minimum Gasteiger partial charge on any atom is -0.282 e. The number of hydrazone groups is 1. The van der Waals surface area contributed by atoms with Gasteiger partial charge in [-0.1, -0.05) is 23.7 Å². The summed E-state index contributed by atoms with van der Waals surface area (Å²) in [5.74, 6) is -1.20. The van der Waals surface area contributed by atoms with Crippen LogP contribution in [-0.4, -0.2) is 32.7 Å². The van der Waals surface area contributed by atoms with E-state index in [1.165, 1.54) is 17.1 Å². The summed E-state index contributed by atoms with van der Waals surface area (Å²) in [5.41, 5.74) is 1.91. The lowest BCUT2D eigenvalue weighted by Crippen LogP contribution is -2.26. The number of nitro groups is 1. The van der Waals surface area contributed by atoms with E-state index >= 15 is 0 Å². The van der Waals surface area contributed by atoms with Gasteiger partial charge >= 0.3 is 0 Å². The highest BCUT2D eigenvalue weighted by Crippen LogP contribution is 2.34. The van der Waals surface area contributed by atoms with Gasteiger partial charge in [-0.25, -0.2) is 5.01 Å². The van der Waals surface area contributed by atoms with Crippen LogP contribution in [0.1, 0.15) is 23.6 Å². The molecular weight excluding hydrogens is 444 g/mol. The Bertz CT molecular complexity index is 1160. The Labute approximate surface area is 184 Å². The molecule has 1 fully saturated rings. The van der Waals surface area contributed by atoms with Crippen LogP contribution >= 0.6 is 23.4 Å². The second kappa shape index (κ2) is 8.32. The molecule has 4 rings (SSSR count). The summed E-state index contributed by atoms with van der Waals surface area (Å²) >= 11 is 6.62. The van der Waals surface area contributed by atoms with E-state index in [-0.39, 0.29) is 10.6 Å². The molecule has 3 amide bonds. The first-order chi connectivity index (χ1) is 14.8. The zero-order valence-electron chi connectivity index (χ0n) is 15.6. The number of benzene rings is 2. The van der Waals surface area contributed by atoms with Crippen molar-refractivity contribution in [2.45, 2.75) is 12.5 Å². The first kappa shape index (κ1) is 20.8. The van der Waals surface area contributed by atoms with E-state index in [0.717, 1.165) is 11.6 Å². The fourth-order valence-corrected chi connectivity index (χ4v) is 3.98. The van der Waals surface area contributed by atoms with Gasteiger partial charge in [0, 0.05) is 29.7 Å². The van der Waals surface area contributed by atoms with Gasteiger partial charge in [0.2, 0.25) is 0 Å². The minimum atomic E-state index is -0.634. The number of carbonyl (C=O) groups excluding carboxylic acids is 3. The van der Waals surface area contributed by atoms with Crippen LogP contribution < -0.4 is 5.32 Å². The predicted octanol–water partition coefficient (Wildman–Crippen LogP) is 3.79. The summed E-state index contributed by atoms with van der Waals surface area (Å²) in [7, 11) is 0. The fraction of sp³-hybridized carbons (Fsp3) is 0.100. The van der Waals surface area contributed by atoms with Gasteiger partial charge in [-0.15, -0.1) is 0 Å². The molecule has 2 heterocycles. The van der Waals surface area contributed by atoms with Crippen LogP contribution in [0, 0.1) is 10.1 Å². The lowest BCUT2D eigenvalue weighted by Gasteiger charge is -2.21. The van der Waals surface area contributed by atoms with E-state index in [4.69, 9.17) is 11.6 Å². The number of hydrogen-bond acceptors (Lipinski definition) is 7. The van der Waals surface area contributed by atoms with Crippen LogP contribution in [0.2, 0.25) is 5.02 Å². The summed E-state index contributed by atoms with van der Waals surface area (Å²) in [6.07, 6.45) is 1.43. The van der Waals surface area contributed by atoms with Crippen molar-refractivity contribution in [3.63, 3.8) is 0 Å². The van der Waals surface area contributed by atoms with Crippen molar-refractivity contribution in [3.05, 3.63) is 85.8 Å². The molecule has 0 radical (unpaired) electrons. The van der Waals surface area contributed by atoms with Crippen molar-refractivity contribution in [2.75, 3.05) is 0 Å². The SMILES string of the molecule is O=C1NC(=O)/C(=C/C(=O)N2N=C(c3ccc([N+](=O)[O-])cc3)CC2c2ccc(Cl)cc2)S1. The highest BCUT2D eigenvalue weighted by Gasteiger charge is 2.34. The Hall–Kier alpha value is -3.50. The number of thioether (sulfide) groups is 1. The second-order valence-corrected chi connectivity index (χ2v) is 8.11. The Balaban J connectivity index is 1.68. The Morgan fingerprint density at radius 3 is 2.45 bits per heavy atom. The molecule has 0 aromatic heterocycles. The normalized spacial score (nSPS) is 19.5. The van der Waals surface area contributed by atoms with E-state index < -0.39 is 28.0 Å². The Kier molecular flexibility index (Phi) is 5.57. The molecule has 0 bridgehead atoms. The van der Waals surface area contributed by atoms with Crippen molar-refractivity contribution in [3.8, 4) is 0 Å². The zero-order chi connectivity index (χ0) is 22.1. The number of hydrogen-bond donors (Lipinski definition) is 1. The summed E-state index contributed by atoms with van der Waals surface area (Å²) in [5, 5.41) is 18.7. The molecule has 0 aliphatic carbocycles. The molecule has 11 heteroatoms. The zero-order valence-corrected chi connectivity index (χ0v) is 17.2. The molecule has 1 atom stereocenters. The largest absolute Gasteiger partial charge is 0.290 e. The maximum absolute atomic E-state index is 12.9. The monoisotopic (exact) mass is 456 g/mol. The molecule has 2 aliphatic heterocycles. The molecule has 0 saturated carbocycles. The summed E-state index contributed by atoms with van der Waals surface area (Å²) in [6.45, 7) is 0. The second-order valence-electron chi connectivity index (χ2n) is 6.66. The van der Waals surface area contributed by atoms with E-state index in [1.807, 2.05) is 0 Å². The maximum Gasteiger partial charge on any atom is 0.290 e.